The number of hydrogen-bond acceptors (Lipinski definition) is 1. The van der Waals surface area contributed by atoms with Crippen LogP contribution < -0.4 is 4.90 Å². The second kappa shape index (κ2) is 1.96. The molecule has 0 aromatic heterocycles. The molecule has 0 spiro atoms. The molecule has 2 heteroatoms. The van der Waals surface area contributed by atoms with Crippen LogP contribution >= 0.6 is 0 Å². The number of aliphatic hydroxyl groups is 1. The Bertz CT molecular complexity index is 107. The lowest BCUT2D eigenvalue weighted by molar-refractivity contribution is -0.920. The maximum Gasteiger partial charge on any atom is 0.106 e. The highest BCUT2D eigenvalue weighted by Gasteiger charge is 2.35. The Kier molecular flexibility index (Phi) is 1.24. The second-order valence-electron chi connectivity index (χ2n) is 3.36. The first kappa shape index (κ1) is 5.69. The Morgan fingerprint density at radius 2 is 1.89 bits per heavy atom. The van der Waals surface area contributed by atoms with E-state index in [1.54, 1.807) is 4.90 Å². The first-order valence-electron chi connectivity index (χ1n) is 3.88. The molecule has 52 valence electrons. The van der Waals surface area contributed by atoms with Gasteiger partial charge in [-0.15, -0.1) is 0 Å². The van der Waals surface area contributed by atoms with Gasteiger partial charge >= 0.3 is 0 Å². The van der Waals surface area contributed by atoms with Crippen LogP contribution in [-0.4, -0.2) is 30.8 Å². The zero-order valence-corrected chi connectivity index (χ0v) is 5.64. The summed E-state index contributed by atoms with van der Waals surface area (Å²) in [6, 6.07) is 0. The van der Waals surface area contributed by atoms with Crippen molar-refractivity contribution in [3.8, 4) is 0 Å². The third-order valence-corrected chi connectivity index (χ3v) is 2.78. The SMILES string of the molecule is O[C@@H]1C[NH+]2CCC1CC2. The van der Waals surface area contributed by atoms with E-state index in [0.717, 1.165) is 6.54 Å². The standard InChI is InChI=1S/C7H13NO/c9-7-5-8-3-1-6(7)2-4-8/h6-7,9H,1-5H2/p+1/t7-/m1/s1. The van der Waals surface area contributed by atoms with Crippen LogP contribution in [0.4, 0.5) is 0 Å². The molecule has 2 nitrogen and oxygen atoms in total. The van der Waals surface area contributed by atoms with Crippen molar-refractivity contribution < 1.29 is 10.0 Å². The molecule has 1 atom stereocenters. The minimum atomic E-state index is 0.0301. The van der Waals surface area contributed by atoms with Gasteiger partial charge in [-0.05, 0) is 0 Å². The third-order valence-electron chi connectivity index (χ3n) is 2.78. The zero-order valence-electron chi connectivity index (χ0n) is 5.64. The number of nitrogens with one attached hydrogen (secondary N) is 1. The Labute approximate surface area is 55.5 Å². The summed E-state index contributed by atoms with van der Waals surface area (Å²) in [5.74, 6) is 0.655. The van der Waals surface area contributed by atoms with Gasteiger partial charge in [-0.25, -0.2) is 0 Å². The van der Waals surface area contributed by atoms with Crippen LogP contribution in [0.1, 0.15) is 12.8 Å². The van der Waals surface area contributed by atoms with Crippen LogP contribution in [0.2, 0.25) is 0 Å². The molecule has 3 aliphatic rings. The monoisotopic (exact) mass is 128 g/mol. The quantitative estimate of drug-likeness (QED) is 0.414. The highest BCUT2D eigenvalue weighted by molar-refractivity contribution is 4.74. The predicted molar refractivity (Wildman–Crippen MR) is 34.3 cm³/mol. The molecule has 3 fully saturated rings. The van der Waals surface area contributed by atoms with Gasteiger partial charge in [-0.1, -0.05) is 0 Å². The summed E-state index contributed by atoms with van der Waals surface area (Å²) in [4.78, 5) is 1.62. The van der Waals surface area contributed by atoms with Gasteiger partial charge in [-0.3, -0.25) is 0 Å². The van der Waals surface area contributed by atoms with Gasteiger partial charge in [0.1, 0.15) is 12.6 Å². The molecule has 0 aromatic rings. The van der Waals surface area contributed by atoms with E-state index < -0.39 is 0 Å². The molecule has 9 heavy (non-hydrogen) atoms. The largest absolute Gasteiger partial charge is 0.387 e. The first-order chi connectivity index (χ1) is 4.36. The Balaban J connectivity index is 2.06. The topological polar surface area (TPSA) is 24.7 Å². The van der Waals surface area contributed by atoms with E-state index in [0.29, 0.717) is 5.92 Å². The van der Waals surface area contributed by atoms with Gasteiger partial charge in [0.15, 0.2) is 0 Å². The van der Waals surface area contributed by atoms with Crippen molar-refractivity contribution in [2.75, 3.05) is 19.6 Å². The van der Waals surface area contributed by atoms with Crippen molar-refractivity contribution in [1.82, 2.24) is 0 Å². The van der Waals surface area contributed by atoms with Crippen LogP contribution in [0.15, 0.2) is 0 Å². The summed E-state index contributed by atoms with van der Waals surface area (Å²) >= 11 is 0. The first-order valence-corrected chi connectivity index (χ1v) is 3.88. The molecule has 0 amide bonds. The van der Waals surface area contributed by atoms with Gasteiger partial charge in [0, 0.05) is 18.8 Å². The number of hydrogen-bond donors (Lipinski definition) is 2. The highest BCUT2D eigenvalue weighted by atomic mass is 16.3. The predicted octanol–water partition coefficient (Wildman–Crippen LogP) is -1.34. The molecule has 0 unspecified atom stereocenters. The molecule has 0 saturated carbocycles. The minimum absolute atomic E-state index is 0.0301. The van der Waals surface area contributed by atoms with Gasteiger partial charge in [-0.2, -0.15) is 0 Å². The lowest BCUT2D eigenvalue weighted by atomic mass is 9.86. The lowest BCUT2D eigenvalue weighted by Gasteiger charge is -2.39. The number of piperidine rings is 3. The molecule has 0 radical (unpaired) electrons. The van der Waals surface area contributed by atoms with E-state index in [-0.39, 0.29) is 6.10 Å². The molecule has 0 aromatic carbocycles. The maximum absolute atomic E-state index is 9.38. The molecular weight excluding hydrogens is 114 g/mol. The van der Waals surface area contributed by atoms with Gasteiger partial charge < -0.3 is 10.0 Å². The summed E-state index contributed by atoms with van der Waals surface area (Å²) in [7, 11) is 0. The van der Waals surface area contributed by atoms with Crippen LogP contribution in [0.5, 0.6) is 0 Å². The summed E-state index contributed by atoms with van der Waals surface area (Å²) in [6.45, 7) is 3.63. The molecule has 3 saturated heterocycles. The van der Waals surface area contributed by atoms with E-state index in [1.807, 2.05) is 0 Å². The van der Waals surface area contributed by atoms with Crippen LogP contribution in [0.25, 0.3) is 0 Å². The molecule has 3 heterocycles. The fourth-order valence-electron chi connectivity index (χ4n) is 2.10. The maximum atomic E-state index is 9.38. The lowest BCUT2D eigenvalue weighted by Crippen LogP contribution is -3.16. The Hall–Kier alpha value is -0.0800. The van der Waals surface area contributed by atoms with Crippen LogP contribution in [0.3, 0.4) is 0 Å². The Morgan fingerprint density at radius 1 is 1.22 bits per heavy atom. The van der Waals surface area contributed by atoms with E-state index in [4.69, 9.17) is 0 Å². The van der Waals surface area contributed by atoms with Crippen LogP contribution in [-0.2, 0) is 0 Å². The average Bonchev–Trinajstić information content (AvgIpc) is 1.90. The number of quaternary nitrogens is 1. The summed E-state index contributed by atoms with van der Waals surface area (Å²) in [6.07, 6.45) is 2.55. The third kappa shape index (κ3) is 0.864. The normalized spacial score (nSPS) is 49.7. The van der Waals surface area contributed by atoms with Crippen molar-refractivity contribution in [2.24, 2.45) is 5.92 Å². The zero-order chi connectivity index (χ0) is 6.27. The van der Waals surface area contributed by atoms with E-state index in [1.165, 1.54) is 25.9 Å². The van der Waals surface area contributed by atoms with Crippen molar-refractivity contribution in [3.05, 3.63) is 0 Å². The van der Waals surface area contributed by atoms with Crippen molar-refractivity contribution in [3.63, 3.8) is 0 Å². The fraction of sp³-hybridized carbons (Fsp3) is 1.00. The summed E-state index contributed by atoms with van der Waals surface area (Å²) in [5, 5.41) is 9.38. The minimum Gasteiger partial charge on any atom is -0.387 e. The summed E-state index contributed by atoms with van der Waals surface area (Å²) < 4.78 is 0. The van der Waals surface area contributed by atoms with E-state index in [9.17, 15) is 5.11 Å². The van der Waals surface area contributed by atoms with Crippen molar-refractivity contribution >= 4 is 0 Å². The number of aliphatic hydroxyl groups excluding tert-OH is 1. The molecule has 3 rings (SSSR count). The number of rotatable bonds is 0. The fourth-order valence-corrected chi connectivity index (χ4v) is 2.10. The van der Waals surface area contributed by atoms with E-state index >= 15 is 0 Å². The molecule has 2 bridgehead atoms. The van der Waals surface area contributed by atoms with Gasteiger partial charge in [0.05, 0.1) is 13.1 Å². The highest BCUT2D eigenvalue weighted by Crippen LogP contribution is 2.17. The Morgan fingerprint density at radius 3 is 2.11 bits per heavy atom. The van der Waals surface area contributed by atoms with Crippen molar-refractivity contribution in [2.45, 2.75) is 18.9 Å². The van der Waals surface area contributed by atoms with Gasteiger partial charge in [0.25, 0.3) is 0 Å². The van der Waals surface area contributed by atoms with Crippen LogP contribution in [0, 0.1) is 5.92 Å². The van der Waals surface area contributed by atoms with Crippen molar-refractivity contribution in [1.29, 1.82) is 0 Å². The van der Waals surface area contributed by atoms with Gasteiger partial charge in [0.2, 0.25) is 0 Å². The molecule has 0 aliphatic carbocycles. The second-order valence-corrected chi connectivity index (χ2v) is 3.36. The smallest absolute Gasteiger partial charge is 0.106 e. The molecular formula is C7H14NO+. The summed E-state index contributed by atoms with van der Waals surface area (Å²) in [5.41, 5.74) is 0. The molecule has 3 aliphatic heterocycles. The molecule has 2 N–H and O–H groups in total. The number of fused-ring (bicyclic) bond motifs is 3. The average molecular weight is 128 g/mol. The van der Waals surface area contributed by atoms with E-state index in [2.05, 4.69) is 0 Å².